The number of nitriles is 1. The molecular formula is C17H16F2N2. The van der Waals surface area contributed by atoms with Crippen LogP contribution in [-0.2, 0) is 13.0 Å². The summed E-state index contributed by atoms with van der Waals surface area (Å²) < 4.78 is 27.3. The van der Waals surface area contributed by atoms with E-state index in [1.54, 1.807) is 6.07 Å². The number of nitrogens with one attached hydrogen (secondary N) is 1. The van der Waals surface area contributed by atoms with Gasteiger partial charge in [-0.1, -0.05) is 30.3 Å². The number of nitrogens with zero attached hydrogens (tertiary/aromatic N) is 1. The smallest absolute Gasteiger partial charge is 0.131 e. The molecule has 0 spiro atoms. The molecule has 0 saturated carbocycles. The molecule has 0 fully saturated rings. The topological polar surface area (TPSA) is 35.8 Å². The lowest BCUT2D eigenvalue weighted by Crippen LogP contribution is -2.17. The van der Waals surface area contributed by atoms with Gasteiger partial charge >= 0.3 is 0 Å². The Kier molecular flexibility index (Phi) is 5.42. The highest BCUT2D eigenvalue weighted by molar-refractivity contribution is 5.34. The van der Waals surface area contributed by atoms with Gasteiger partial charge in [0.05, 0.1) is 11.6 Å². The van der Waals surface area contributed by atoms with Crippen molar-refractivity contribution in [1.82, 2.24) is 5.32 Å². The molecule has 108 valence electrons. The monoisotopic (exact) mass is 286 g/mol. The molecule has 0 aliphatic heterocycles. The van der Waals surface area contributed by atoms with Gasteiger partial charge in [0, 0.05) is 12.1 Å². The van der Waals surface area contributed by atoms with Crippen LogP contribution in [0.5, 0.6) is 0 Å². The van der Waals surface area contributed by atoms with E-state index in [0.29, 0.717) is 6.54 Å². The highest BCUT2D eigenvalue weighted by Crippen LogP contribution is 2.15. The maximum absolute atomic E-state index is 13.6. The van der Waals surface area contributed by atoms with E-state index >= 15 is 0 Å². The summed E-state index contributed by atoms with van der Waals surface area (Å²) in [6, 6.07) is 13.9. The Morgan fingerprint density at radius 3 is 2.33 bits per heavy atom. The first-order valence-corrected chi connectivity index (χ1v) is 6.83. The standard InChI is InChI=1S/C17H16F2N2/c18-16-9-14(11-20)10-17(19)15(16)12-21-8-4-7-13-5-2-1-3-6-13/h1-3,5-6,9-10,21H,4,7-8,12H2. The zero-order valence-corrected chi connectivity index (χ0v) is 11.6. The summed E-state index contributed by atoms with van der Waals surface area (Å²) in [5.74, 6) is -1.36. The van der Waals surface area contributed by atoms with E-state index in [9.17, 15) is 8.78 Å². The summed E-state index contributed by atoms with van der Waals surface area (Å²) in [5, 5.41) is 11.7. The Hall–Kier alpha value is -2.25. The first-order valence-electron chi connectivity index (χ1n) is 6.83. The Bertz CT molecular complexity index is 610. The third-order valence-corrected chi connectivity index (χ3v) is 3.23. The van der Waals surface area contributed by atoms with Crippen LogP contribution < -0.4 is 5.32 Å². The quantitative estimate of drug-likeness (QED) is 0.824. The predicted molar refractivity (Wildman–Crippen MR) is 77.5 cm³/mol. The van der Waals surface area contributed by atoms with E-state index in [1.807, 2.05) is 18.2 Å². The van der Waals surface area contributed by atoms with Crippen LogP contribution in [0.4, 0.5) is 8.78 Å². The lowest BCUT2D eigenvalue weighted by Gasteiger charge is -2.08. The van der Waals surface area contributed by atoms with E-state index in [4.69, 9.17) is 5.26 Å². The van der Waals surface area contributed by atoms with Gasteiger partial charge in [0.15, 0.2) is 0 Å². The second kappa shape index (κ2) is 7.51. The Morgan fingerprint density at radius 2 is 1.71 bits per heavy atom. The zero-order chi connectivity index (χ0) is 15.1. The predicted octanol–water partition coefficient (Wildman–Crippen LogP) is 3.56. The largest absolute Gasteiger partial charge is 0.312 e. The van der Waals surface area contributed by atoms with Crippen molar-refractivity contribution in [3.63, 3.8) is 0 Å². The molecule has 2 nitrogen and oxygen atoms in total. The Balaban J connectivity index is 1.80. The molecule has 0 aliphatic rings. The molecule has 0 amide bonds. The number of halogens is 2. The SMILES string of the molecule is N#Cc1cc(F)c(CNCCCc2ccccc2)c(F)c1. The van der Waals surface area contributed by atoms with E-state index in [0.717, 1.165) is 25.0 Å². The molecule has 21 heavy (non-hydrogen) atoms. The van der Waals surface area contributed by atoms with Gasteiger partial charge in [0.2, 0.25) is 0 Å². The maximum Gasteiger partial charge on any atom is 0.131 e. The van der Waals surface area contributed by atoms with Crippen LogP contribution in [0.1, 0.15) is 23.1 Å². The van der Waals surface area contributed by atoms with Gasteiger partial charge in [0.25, 0.3) is 0 Å². The third-order valence-electron chi connectivity index (χ3n) is 3.23. The fourth-order valence-electron chi connectivity index (χ4n) is 2.11. The van der Waals surface area contributed by atoms with Crippen LogP contribution in [0.25, 0.3) is 0 Å². The molecule has 0 unspecified atom stereocenters. The van der Waals surface area contributed by atoms with Crippen LogP contribution in [0.2, 0.25) is 0 Å². The molecule has 2 aromatic carbocycles. The minimum Gasteiger partial charge on any atom is -0.312 e. The first kappa shape index (κ1) is 15.1. The number of benzene rings is 2. The summed E-state index contributed by atoms with van der Waals surface area (Å²) in [6.45, 7) is 0.798. The van der Waals surface area contributed by atoms with Gasteiger partial charge in [-0.2, -0.15) is 5.26 Å². The molecule has 2 rings (SSSR count). The summed E-state index contributed by atoms with van der Waals surface area (Å²) >= 11 is 0. The van der Waals surface area contributed by atoms with Gasteiger partial charge in [0.1, 0.15) is 11.6 Å². The second-order valence-electron chi connectivity index (χ2n) is 4.80. The van der Waals surface area contributed by atoms with Gasteiger partial charge in [-0.15, -0.1) is 0 Å². The summed E-state index contributed by atoms with van der Waals surface area (Å²) in [5.41, 5.74) is 1.22. The molecular weight excluding hydrogens is 270 g/mol. The fraction of sp³-hybridized carbons (Fsp3) is 0.235. The van der Waals surface area contributed by atoms with Gasteiger partial charge in [-0.05, 0) is 37.1 Å². The molecule has 4 heteroatoms. The van der Waals surface area contributed by atoms with Crippen molar-refractivity contribution in [1.29, 1.82) is 5.26 Å². The number of aryl methyl sites for hydroxylation is 1. The van der Waals surface area contributed by atoms with Crippen molar-refractivity contribution in [2.75, 3.05) is 6.54 Å². The van der Waals surface area contributed by atoms with E-state index in [2.05, 4.69) is 17.4 Å². The lowest BCUT2D eigenvalue weighted by molar-refractivity contribution is 0.532. The third kappa shape index (κ3) is 4.37. The Labute approximate surface area is 123 Å². The van der Waals surface area contributed by atoms with Crippen LogP contribution in [0, 0.1) is 23.0 Å². The summed E-state index contributed by atoms with van der Waals surface area (Å²) in [6.07, 6.45) is 1.82. The first-order chi connectivity index (χ1) is 10.2. The van der Waals surface area contributed by atoms with Crippen molar-refractivity contribution in [2.24, 2.45) is 0 Å². The van der Waals surface area contributed by atoms with Crippen LogP contribution in [0.3, 0.4) is 0 Å². The van der Waals surface area contributed by atoms with Gasteiger partial charge in [-0.3, -0.25) is 0 Å². The van der Waals surface area contributed by atoms with Crippen LogP contribution in [0.15, 0.2) is 42.5 Å². The van der Waals surface area contributed by atoms with Crippen molar-refractivity contribution >= 4 is 0 Å². The fourth-order valence-corrected chi connectivity index (χ4v) is 2.11. The van der Waals surface area contributed by atoms with Crippen LogP contribution >= 0.6 is 0 Å². The molecule has 0 aromatic heterocycles. The molecule has 1 N–H and O–H groups in total. The van der Waals surface area contributed by atoms with Crippen molar-refractivity contribution in [3.05, 3.63) is 70.8 Å². The lowest BCUT2D eigenvalue weighted by atomic mass is 10.1. The molecule has 0 heterocycles. The second-order valence-corrected chi connectivity index (χ2v) is 4.80. The minimum atomic E-state index is -0.679. The summed E-state index contributed by atoms with van der Waals surface area (Å²) in [7, 11) is 0. The molecule has 0 radical (unpaired) electrons. The molecule has 0 saturated heterocycles. The van der Waals surface area contributed by atoms with E-state index in [-0.39, 0.29) is 17.7 Å². The molecule has 2 aromatic rings. The highest BCUT2D eigenvalue weighted by atomic mass is 19.1. The highest BCUT2D eigenvalue weighted by Gasteiger charge is 2.10. The normalized spacial score (nSPS) is 10.3. The van der Waals surface area contributed by atoms with E-state index in [1.165, 1.54) is 5.56 Å². The van der Waals surface area contributed by atoms with Crippen LogP contribution in [-0.4, -0.2) is 6.54 Å². The van der Waals surface area contributed by atoms with Crippen molar-refractivity contribution in [2.45, 2.75) is 19.4 Å². The number of hydrogen-bond acceptors (Lipinski definition) is 2. The van der Waals surface area contributed by atoms with Crippen molar-refractivity contribution in [3.8, 4) is 6.07 Å². The van der Waals surface area contributed by atoms with Gasteiger partial charge in [-0.25, -0.2) is 8.78 Å². The number of rotatable bonds is 6. The molecule has 0 bridgehead atoms. The van der Waals surface area contributed by atoms with E-state index < -0.39 is 11.6 Å². The zero-order valence-electron chi connectivity index (χ0n) is 11.6. The minimum absolute atomic E-state index is 0.00201. The maximum atomic E-state index is 13.6. The Morgan fingerprint density at radius 1 is 1.05 bits per heavy atom. The number of hydrogen-bond donors (Lipinski definition) is 1. The molecule has 0 aliphatic carbocycles. The van der Waals surface area contributed by atoms with Crippen molar-refractivity contribution < 1.29 is 8.78 Å². The summed E-state index contributed by atoms with van der Waals surface area (Å²) in [4.78, 5) is 0. The molecule has 0 atom stereocenters. The average molecular weight is 286 g/mol. The van der Waals surface area contributed by atoms with Gasteiger partial charge < -0.3 is 5.32 Å². The average Bonchev–Trinajstić information content (AvgIpc) is 2.50.